The van der Waals surface area contributed by atoms with Crippen LogP contribution in [-0.4, -0.2) is 42.0 Å². The molecular weight excluding hydrogens is 274 g/mol. The first kappa shape index (κ1) is 15.3. The molecule has 1 amide bonds. The molecule has 1 aliphatic heterocycles. The van der Waals surface area contributed by atoms with Crippen molar-refractivity contribution in [2.75, 3.05) is 26.2 Å². The molecule has 1 N–H and O–H groups in total. The molecule has 1 aromatic heterocycles. The molecule has 0 spiro atoms. The summed E-state index contributed by atoms with van der Waals surface area (Å²) in [4.78, 5) is 18.3. The Kier molecular flexibility index (Phi) is 5.80. The van der Waals surface area contributed by atoms with E-state index in [1.807, 2.05) is 0 Å². The lowest BCUT2D eigenvalue weighted by Crippen LogP contribution is -2.35. The number of rotatable bonds is 5. The smallest absolute Gasteiger partial charge is 0.254 e. The van der Waals surface area contributed by atoms with Crippen molar-refractivity contribution in [3.8, 4) is 0 Å². The molecule has 2 heterocycles. The Hall–Kier alpha value is -1.13. The van der Waals surface area contributed by atoms with Crippen LogP contribution in [0.2, 0.25) is 5.02 Å². The van der Waals surface area contributed by atoms with Crippen LogP contribution in [0, 0.1) is 5.92 Å². The Bertz CT molecular complexity index is 444. The van der Waals surface area contributed by atoms with E-state index in [-0.39, 0.29) is 5.91 Å². The Morgan fingerprint density at radius 3 is 2.95 bits per heavy atom. The highest BCUT2D eigenvalue weighted by atomic mass is 35.5. The fourth-order valence-corrected chi connectivity index (χ4v) is 2.62. The summed E-state index contributed by atoms with van der Waals surface area (Å²) < 4.78 is 0. The summed E-state index contributed by atoms with van der Waals surface area (Å²) in [6.07, 6.45) is 6.63. The number of nitrogens with one attached hydrogen (secondary N) is 1. The highest BCUT2D eigenvalue weighted by Crippen LogP contribution is 2.16. The minimum absolute atomic E-state index is 0.143. The van der Waals surface area contributed by atoms with Gasteiger partial charge in [-0.05, 0) is 50.9 Å². The molecule has 1 fully saturated rings. The number of piperidine rings is 1. The van der Waals surface area contributed by atoms with Crippen molar-refractivity contribution in [2.24, 2.45) is 5.92 Å². The normalized spacial score (nSPS) is 17.1. The van der Waals surface area contributed by atoms with E-state index in [0.29, 0.717) is 17.1 Å². The first-order valence-corrected chi connectivity index (χ1v) is 7.64. The molecular formula is C15H22ClN3O. The van der Waals surface area contributed by atoms with Crippen molar-refractivity contribution in [1.82, 2.24) is 15.2 Å². The Morgan fingerprint density at radius 2 is 2.25 bits per heavy atom. The van der Waals surface area contributed by atoms with E-state index in [2.05, 4.69) is 22.1 Å². The van der Waals surface area contributed by atoms with Crippen LogP contribution in [0.4, 0.5) is 0 Å². The van der Waals surface area contributed by atoms with Crippen molar-refractivity contribution < 1.29 is 4.79 Å². The highest BCUT2D eigenvalue weighted by molar-refractivity contribution is 6.33. The maximum atomic E-state index is 11.9. The number of hydrogen-bond acceptors (Lipinski definition) is 3. The third-order valence-electron chi connectivity index (χ3n) is 3.83. The van der Waals surface area contributed by atoms with Crippen molar-refractivity contribution in [2.45, 2.75) is 26.2 Å². The fourth-order valence-electron chi connectivity index (χ4n) is 2.43. The van der Waals surface area contributed by atoms with Gasteiger partial charge in [-0.3, -0.25) is 9.78 Å². The third-order valence-corrected chi connectivity index (χ3v) is 4.16. The molecule has 0 aliphatic carbocycles. The summed E-state index contributed by atoms with van der Waals surface area (Å²) >= 11 is 5.96. The average Bonchev–Trinajstić information content (AvgIpc) is 2.46. The summed E-state index contributed by atoms with van der Waals surface area (Å²) in [5.41, 5.74) is 0.445. The lowest BCUT2D eigenvalue weighted by atomic mass is 9.99. The van der Waals surface area contributed by atoms with Crippen LogP contribution in [0.3, 0.4) is 0 Å². The monoisotopic (exact) mass is 295 g/mol. The van der Waals surface area contributed by atoms with Gasteiger partial charge in [0.2, 0.25) is 0 Å². The van der Waals surface area contributed by atoms with Gasteiger partial charge in [-0.25, -0.2) is 0 Å². The van der Waals surface area contributed by atoms with Crippen molar-refractivity contribution >= 4 is 17.5 Å². The topological polar surface area (TPSA) is 45.2 Å². The summed E-state index contributed by atoms with van der Waals surface area (Å²) in [6.45, 7) is 6.41. The number of amides is 1. The lowest BCUT2D eigenvalue weighted by Gasteiger charge is -2.30. The van der Waals surface area contributed by atoms with Gasteiger partial charge in [0.1, 0.15) is 0 Å². The van der Waals surface area contributed by atoms with Crippen LogP contribution >= 0.6 is 11.6 Å². The van der Waals surface area contributed by atoms with Crippen LogP contribution in [-0.2, 0) is 0 Å². The molecule has 5 heteroatoms. The second-order valence-corrected chi connectivity index (χ2v) is 5.90. The van der Waals surface area contributed by atoms with Crippen LogP contribution < -0.4 is 5.32 Å². The van der Waals surface area contributed by atoms with Crippen LogP contribution in [0.25, 0.3) is 0 Å². The molecule has 0 atom stereocenters. The number of carbonyl (C=O) groups excluding carboxylic acids is 1. The zero-order chi connectivity index (χ0) is 14.4. The second kappa shape index (κ2) is 7.60. The summed E-state index contributed by atoms with van der Waals surface area (Å²) in [7, 11) is 0. The molecule has 0 radical (unpaired) electrons. The average molecular weight is 296 g/mol. The summed E-state index contributed by atoms with van der Waals surface area (Å²) in [6, 6.07) is 1.63. The minimum atomic E-state index is -0.143. The van der Waals surface area contributed by atoms with Crippen LogP contribution in [0.1, 0.15) is 36.5 Å². The molecule has 20 heavy (non-hydrogen) atoms. The molecule has 1 aliphatic rings. The molecule has 0 aromatic carbocycles. The largest absolute Gasteiger partial charge is 0.352 e. The summed E-state index contributed by atoms with van der Waals surface area (Å²) in [5, 5.41) is 3.34. The van der Waals surface area contributed by atoms with E-state index in [0.717, 1.165) is 18.9 Å². The molecule has 4 nitrogen and oxygen atoms in total. The lowest BCUT2D eigenvalue weighted by molar-refractivity contribution is 0.0950. The van der Waals surface area contributed by atoms with Gasteiger partial charge in [-0.1, -0.05) is 18.5 Å². The number of hydrogen-bond donors (Lipinski definition) is 1. The number of pyridine rings is 1. The van der Waals surface area contributed by atoms with Crippen molar-refractivity contribution in [3.05, 3.63) is 29.0 Å². The molecule has 0 unspecified atom stereocenters. The van der Waals surface area contributed by atoms with Gasteiger partial charge in [0.25, 0.3) is 5.91 Å². The van der Waals surface area contributed by atoms with Crippen LogP contribution in [0.5, 0.6) is 0 Å². The first-order chi connectivity index (χ1) is 9.66. The molecule has 110 valence electrons. The molecule has 1 aromatic rings. The number of halogens is 1. The van der Waals surface area contributed by atoms with E-state index < -0.39 is 0 Å². The van der Waals surface area contributed by atoms with Crippen molar-refractivity contribution in [1.29, 1.82) is 0 Å². The van der Waals surface area contributed by atoms with Gasteiger partial charge >= 0.3 is 0 Å². The predicted molar refractivity (Wildman–Crippen MR) is 81.0 cm³/mol. The Labute approximate surface area is 125 Å². The standard InChI is InChI=1S/C15H22ClN3O/c1-12-4-9-19(10-5-12)8-2-6-18-15(20)13-11-17-7-3-14(13)16/h3,7,11-12H,2,4-6,8-10H2,1H3,(H,18,20). The second-order valence-electron chi connectivity index (χ2n) is 5.49. The van der Waals surface area contributed by atoms with Gasteiger partial charge in [0, 0.05) is 18.9 Å². The Morgan fingerprint density at radius 1 is 1.50 bits per heavy atom. The van der Waals surface area contributed by atoms with Gasteiger partial charge < -0.3 is 10.2 Å². The van der Waals surface area contributed by atoms with E-state index in [1.54, 1.807) is 12.3 Å². The number of nitrogens with zero attached hydrogens (tertiary/aromatic N) is 2. The number of likely N-dealkylation sites (tertiary alicyclic amines) is 1. The molecule has 0 bridgehead atoms. The first-order valence-electron chi connectivity index (χ1n) is 7.27. The van der Waals surface area contributed by atoms with Crippen molar-refractivity contribution in [3.63, 3.8) is 0 Å². The Balaban J connectivity index is 1.66. The van der Waals surface area contributed by atoms with E-state index in [9.17, 15) is 4.79 Å². The molecule has 1 saturated heterocycles. The predicted octanol–water partition coefficient (Wildman–Crippen LogP) is 2.59. The molecule has 2 rings (SSSR count). The van der Waals surface area contributed by atoms with E-state index in [1.165, 1.54) is 32.1 Å². The maximum absolute atomic E-state index is 11.9. The maximum Gasteiger partial charge on any atom is 0.254 e. The SMILES string of the molecule is CC1CCN(CCCNC(=O)c2cnccc2Cl)CC1. The summed E-state index contributed by atoms with van der Waals surface area (Å²) in [5.74, 6) is 0.717. The fraction of sp³-hybridized carbons (Fsp3) is 0.600. The number of aromatic nitrogens is 1. The minimum Gasteiger partial charge on any atom is -0.352 e. The highest BCUT2D eigenvalue weighted by Gasteiger charge is 2.15. The molecule has 0 saturated carbocycles. The zero-order valence-corrected chi connectivity index (χ0v) is 12.7. The third kappa shape index (κ3) is 4.46. The number of carbonyl (C=O) groups is 1. The van der Waals surface area contributed by atoms with Crippen LogP contribution in [0.15, 0.2) is 18.5 Å². The zero-order valence-electron chi connectivity index (χ0n) is 11.9. The van der Waals surface area contributed by atoms with Gasteiger partial charge in [0.15, 0.2) is 0 Å². The van der Waals surface area contributed by atoms with Gasteiger partial charge in [-0.2, -0.15) is 0 Å². The quantitative estimate of drug-likeness (QED) is 0.849. The van der Waals surface area contributed by atoms with E-state index >= 15 is 0 Å². The van der Waals surface area contributed by atoms with Gasteiger partial charge in [-0.15, -0.1) is 0 Å². The van der Waals surface area contributed by atoms with Gasteiger partial charge in [0.05, 0.1) is 10.6 Å². The van der Waals surface area contributed by atoms with E-state index in [4.69, 9.17) is 11.6 Å².